The molecule has 0 aliphatic rings. The van der Waals surface area contributed by atoms with E-state index in [0.29, 0.717) is 5.89 Å². The minimum atomic E-state index is 0.642. The molecule has 0 saturated carbocycles. The van der Waals surface area contributed by atoms with Crippen LogP contribution >= 0.6 is 0 Å². The topological polar surface area (TPSA) is 26.0 Å². The zero-order chi connectivity index (χ0) is 15.5. The van der Waals surface area contributed by atoms with Crippen LogP contribution in [0.2, 0.25) is 0 Å². The number of rotatable bonds is 3. The molecule has 0 spiro atoms. The van der Waals surface area contributed by atoms with E-state index in [1.165, 1.54) is 5.56 Å². The lowest BCUT2D eigenvalue weighted by atomic mass is 9.99. The number of hydrogen-bond donors (Lipinski definition) is 0. The van der Waals surface area contributed by atoms with Crippen molar-refractivity contribution in [2.75, 3.05) is 0 Å². The Balaban J connectivity index is 1.79. The Morgan fingerprint density at radius 1 is 0.565 bits per heavy atom. The smallest absolute Gasteiger partial charge is 0.226 e. The van der Waals surface area contributed by atoms with Crippen LogP contribution in [0.15, 0.2) is 95.5 Å². The van der Waals surface area contributed by atoms with Gasteiger partial charge in [-0.3, -0.25) is 0 Å². The molecule has 0 saturated heterocycles. The first-order chi connectivity index (χ1) is 11.4. The van der Waals surface area contributed by atoms with E-state index in [1.54, 1.807) is 6.20 Å². The van der Waals surface area contributed by atoms with Crippen molar-refractivity contribution in [2.45, 2.75) is 0 Å². The fourth-order valence-corrected chi connectivity index (χ4v) is 2.68. The van der Waals surface area contributed by atoms with Gasteiger partial charge in [0.15, 0.2) is 5.76 Å². The second kappa shape index (κ2) is 5.93. The highest BCUT2D eigenvalue weighted by molar-refractivity contribution is 5.81. The third-order valence-corrected chi connectivity index (χ3v) is 3.80. The molecule has 4 rings (SSSR count). The van der Waals surface area contributed by atoms with Crippen molar-refractivity contribution < 1.29 is 4.42 Å². The molecule has 1 heterocycles. The summed E-state index contributed by atoms with van der Waals surface area (Å²) < 4.78 is 6.01. The Kier molecular flexibility index (Phi) is 3.49. The molecule has 110 valence electrons. The van der Waals surface area contributed by atoms with Gasteiger partial charge in [0, 0.05) is 11.1 Å². The standard InChI is InChI=1S/C21H15NO/c1-3-9-16(10-4-1)18-13-7-8-14-19(18)20-15-22-21(23-20)17-11-5-2-6-12-17/h1-15H. The van der Waals surface area contributed by atoms with Gasteiger partial charge in [-0.2, -0.15) is 0 Å². The summed E-state index contributed by atoms with van der Waals surface area (Å²) in [4.78, 5) is 4.43. The van der Waals surface area contributed by atoms with Crippen molar-refractivity contribution >= 4 is 0 Å². The maximum atomic E-state index is 6.01. The molecular formula is C21H15NO. The highest BCUT2D eigenvalue weighted by Gasteiger charge is 2.12. The average Bonchev–Trinajstić information content (AvgIpc) is 3.13. The molecule has 23 heavy (non-hydrogen) atoms. The van der Waals surface area contributed by atoms with Crippen LogP contribution in [0.25, 0.3) is 33.9 Å². The highest BCUT2D eigenvalue weighted by Crippen LogP contribution is 2.33. The Morgan fingerprint density at radius 2 is 1.13 bits per heavy atom. The van der Waals surface area contributed by atoms with E-state index in [9.17, 15) is 0 Å². The molecule has 4 aromatic rings. The second-order valence-electron chi connectivity index (χ2n) is 5.31. The summed E-state index contributed by atoms with van der Waals surface area (Å²) in [5, 5.41) is 0. The van der Waals surface area contributed by atoms with Gasteiger partial charge < -0.3 is 4.42 Å². The molecule has 0 atom stereocenters. The predicted octanol–water partition coefficient (Wildman–Crippen LogP) is 5.68. The van der Waals surface area contributed by atoms with E-state index in [4.69, 9.17) is 4.42 Å². The minimum absolute atomic E-state index is 0.642. The minimum Gasteiger partial charge on any atom is -0.436 e. The molecule has 3 aromatic carbocycles. The van der Waals surface area contributed by atoms with Gasteiger partial charge in [0.1, 0.15) is 0 Å². The van der Waals surface area contributed by atoms with Gasteiger partial charge in [0.2, 0.25) is 5.89 Å². The Labute approximate surface area is 135 Å². The first kappa shape index (κ1) is 13.5. The Hall–Kier alpha value is -3.13. The van der Waals surface area contributed by atoms with Crippen molar-refractivity contribution in [1.82, 2.24) is 4.98 Å². The van der Waals surface area contributed by atoms with Crippen molar-refractivity contribution in [3.63, 3.8) is 0 Å². The summed E-state index contributed by atoms with van der Waals surface area (Å²) >= 11 is 0. The van der Waals surface area contributed by atoms with Crippen LogP contribution in [-0.4, -0.2) is 4.98 Å². The lowest BCUT2D eigenvalue weighted by Crippen LogP contribution is -1.82. The van der Waals surface area contributed by atoms with Gasteiger partial charge in [0.25, 0.3) is 0 Å². The van der Waals surface area contributed by atoms with Gasteiger partial charge in [-0.05, 0) is 23.3 Å². The summed E-state index contributed by atoms with van der Waals surface area (Å²) in [5.41, 5.74) is 4.34. The van der Waals surface area contributed by atoms with E-state index >= 15 is 0 Å². The fourth-order valence-electron chi connectivity index (χ4n) is 2.68. The molecule has 0 aliphatic heterocycles. The molecule has 2 heteroatoms. The van der Waals surface area contributed by atoms with Crippen LogP contribution in [0.3, 0.4) is 0 Å². The number of aromatic nitrogens is 1. The first-order valence-corrected chi connectivity index (χ1v) is 7.58. The normalized spacial score (nSPS) is 10.6. The van der Waals surface area contributed by atoms with Crippen molar-refractivity contribution in [1.29, 1.82) is 0 Å². The summed E-state index contributed by atoms with van der Waals surface area (Å²) in [6, 6.07) is 28.5. The van der Waals surface area contributed by atoms with Crippen LogP contribution < -0.4 is 0 Å². The van der Waals surface area contributed by atoms with Gasteiger partial charge >= 0.3 is 0 Å². The van der Waals surface area contributed by atoms with Gasteiger partial charge in [-0.25, -0.2) is 4.98 Å². The molecule has 2 nitrogen and oxygen atoms in total. The van der Waals surface area contributed by atoms with E-state index in [0.717, 1.165) is 22.5 Å². The summed E-state index contributed by atoms with van der Waals surface area (Å²) in [7, 11) is 0. The van der Waals surface area contributed by atoms with Crippen LogP contribution in [0.5, 0.6) is 0 Å². The fraction of sp³-hybridized carbons (Fsp3) is 0. The largest absolute Gasteiger partial charge is 0.436 e. The summed E-state index contributed by atoms with van der Waals surface area (Å²) in [6.07, 6.45) is 1.80. The number of oxazole rings is 1. The van der Waals surface area contributed by atoms with Crippen LogP contribution in [0.4, 0.5) is 0 Å². The number of nitrogens with zero attached hydrogens (tertiary/aromatic N) is 1. The van der Waals surface area contributed by atoms with Crippen molar-refractivity contribution in [3.05, 3.63) is 91.1 Å². The molecule has 0 amide bonds. The molecule has 0 radical (unpaired) electrons. The van der Waals surface area contributed by atoms with E-state index < -0.39 is 0 Å². The Morgan fingerprint density at radius 3 is 1.83 bits per heavy atom. The van der Waals surface area contributed by atoms with Crippen LogP contribution in [-0.2, 0) is 0 Å². The van der Waals surface area contributed by atoms with Gasteiger partial charge in [0.05, 0.1) is 6.20 Å². The zero-order valence-electron chi connectivity index (χ0n) is 12.5. The molecule has 0 N–H and O–H groups in total. The molecule has 0 fully saturated rings. The Bertz CT molecular complexity index is 911. The highest BCUT2D eigenvalue weighted by atomic mass is 16.4. The number of benzene rings is 3. The van der Waals surface area contributed by atoms with Gasteiger partial charge in [-0.1, -0.05) is 72.8 Å². The average molecular weight is 297 g/mol. The van der Waals surface area contributed by atoms with Crippen molar-refractivity contribution in [3.8, 4) is 33.9 Å². The lowest BCUT2D eigenvalue weighted by Gasteiger charge is -2.07. The predicted molar refractivity (Wildman–Crippen MR) is 92.8 cm³/mol. The van der Waals surface area contributed by atoms with E-state index in [2.05, 4.69) is 29.2 Å². The van der Waals surface area contributed by atoms with E-state index in [1.807, 2.05) is 60.7 Å². The zero-order valence-corrected chi connectivity index (χ0v) is 12.5. The van der Waals surface area contributed by atoms with Crippen molar-refractivity contribution in [2.24, 2.45) is 0 Å². The maximum absolute atomic E-state index is 6.01. The SMILES string of the molecule is c1ccc(-c2ncc(-c3ccccc3-c3ccccc3)o2)cc1. The molecule has 0 bridgehead atoms. The maximum Gasteiger partial charge on any atom is 0.226 e. The van der Waals surface area contributed by atoms with Crippen LogP contribution in [0.1, 0.15) is 0 Å². The summed E-state index contributed by atoms with van der Waals surface area (Å²) in [6.45, 7) is 0. The molecule has 0 aliphatic carbocycles. The molecule has 1 aromatic heterocycles. The van der Waals surface area contributed by atoms with Crippen LogP contribution in [0, 0.1) is 0 Å². The lowest BCUT2D eigenvalue weighted by molar-refractivity contribution is 0.589. The number of hydrogen-bond acceptors (Lipinski definition) is 2. The molecule has 0 unspecified atom stereocenters. The second-order valence-corrected chi connectivity index (χ2v) is 5.31. The third-order valence-electron chi connectivity index (χ3n) is 3.80. The third kappa shape index (κ3) is 2.67. The van der Waals surface area contributed by atoms with E-state index in [-0.39, 0.29) is 0 Å². The first-order valence-electron chi connectivity index (χ1n) is 7.58. The van der Waals surface area contributed by atoms with Gasteiger partial charge in [-0.15, -0.1) is 0 Å². The quantitative estimate of drug-likeness (QED) is 0.486. The molecular weight excluding hydrogens is 282 g/mol. The monoisotopic (exact) mass is 297 g/mol. The summed E-state index contributed by atoms with van der Waals surface area (Å²) in [5.74, 6) is 1.42.